The Balaban J connectivity index is 2.67. The highest BCUT2D eigenvalue weighted by Crippen LogP contribution is 2.40. The number of carbonyl (C=O) groups is 2. The molecular formula is C21H26FNO5. The molecule has 1 aromatic carbocycles. The number of esters is 2. The molecule has 1 heterocycles. The van der Waals surface area contributed by atoms with Crippen molar-refractivity contribution >= 4 is 11.9 Å². The average molecular weight is 391 g/mol. The van der Waals surface area contributed by atoms with Crippen molar-refractivity contribution in [1.82, 2.24) is 5.32 Å². The lowest BCUT2D eigenvalue weighted by atomic mass is 9.80. The van der Waals surface area contributed by atoms with E-state index in [4.69, 9.17) is 14.2 Å². The summed E-state index contributed by atoms with van der Waals surface area (Å²) in [6, 6.07) is 6.04. The smallest absolute Gasteiger partial charge is 0.336 e. The monoisotopic (exact) mass is 391 g/mol. The molecule has 0 saturated carbocycles. The van der Waals surface area contributed by atoms with Gasteiger partial charge in [-0.15, -0.1) is 0 Å². The summed E-state index contributed by atoms with van der Waals surface area (Å²) in [4.78, 5) is 25.3. The van der Waals surface area contributed by atoms with Crippen LogP contribution >= 0.6 is 0 Å². The van der Waals surface area contributed by atoms with E-state index in [1.807, 2.05) is 6.92 Å². The van der Waals surface area contributed by atoms with Gasteiger partial charge in [0.05, 0.1) is 43.1 Å². The van der Waals surface area contributed by atoms with Gasteiger partial charge in [0.1, 0.15) is 5.82 Å². The molecule has 1 unspecified atom stereocenters. The average Bonchev–Trinajstić information content (AvgIpc) is 2.67. The van der Waals surface area contributed by atoms with Crippen molar-refractivity contribution in [3.63, 3.8) is 0 Å². The second-order valence-electron chi connectivity index (χ2n) is 6.28. The van der Waals surface area contributed by atoms with Gasteiger partial charge in [-0.3, -0.25) is 0 Å². The third kappa shape index (κ3) is 4.59. The number of nitrogens with one attached hydrogen (secondary N) is 1. The van der Waals surface area contributed by atoms with E-state index in [0.29, 0.717) is 18.0 Å². The van der Waals surface area contributed by atoms with Crippen LogP contribution in [0.2, 0.25) is 0 Å². The van der Waals surface area contributed by atoms with Crippen molar-refractivity contribution in [3.05, 3.63) is 58.2 Å². The van der Waals surface area contributed by atoms with E-state index in [-0.39, 0.29) is 29.9 Å². The Hall–Kier alpha value is -2.67. The van der Waals surface area contributed by atoms with Crippen molar-refractivity contribution in [3.8, 4) is 0 Å². The van der Waals surface area contributed by atoms with Gasteiger partial charge in [0, 0.05) is 17.9 Å². The lowest BCUT2D eigenvalue weighted by Gasteiger charge is -2.31. The molecule has 0 saturated heterocycles. The Bertz CT molecular complexity index is 800. The van der Waals surface area contributed by atoms with Crippen molar-refractivity contribution in [1.29, 1.82) is 0 Å². The number of hydrogen-bond acceptors (Lipinski definition) is 6. The number of dihydropyridines is 1. The summed E-state index contributed by atoms with van der Waals surface area (Å²) in [5.74, 6) is -2.77. The number of halogens is 1. The number of rotatable bonds is 8. The normalized spacial score (nSPS) is 16.7. The Morgan fingerprint density at radius 2 is 1.86 bits per heavy atom. The number of methoxy groups -OCH3 is 1. The highest BCUT2D eigenvalue weighted by atomic mass is 19.1. The van der Waals surface area contributed by atoms with Crippen molar-refractivity contribution in [2.45, 2.75) is 33.1 Å². The van der Waals surface area contributed by atoms with Crippen LogP contribution in [0.4, 0.5) is 4.39 Å². The second kappa shape index (κ2) is 10.0. The molecule has 1 N–H and O–H groups in total. The summed E-state index contributed by atoms with van der Waals surface area (Å²) in [7, 11) is 1.24. The van der Waals surface area contributed by atoms with Gasteiger partial charge in [-0.05, 0) is 26.3 Å². The van der Waals surface area contributed by atoms with Crippen LogP contribution in [0.25, 0.3) is 0 Å². The predicted molar refractivity (Wildman–Crippen MR) is 102 cm³/mol. The van der Waals surface area contributed by atoms with Gasteiger partial charge in [-0.25, -0.2) is 14.0 Å². The number of benzene rings is 1. The molecule has 1 aromatic rings. The maximum atomic E-state index is 14.7. The fourth-order valence-corrected chi connectivity index (χ4v) is 3.18. The number of carbonyl (C=O) groups excluding carboxylic acids is 2. The zero-order valence-electron chi connectivity index (χ0n) is 16.6. The van der Waals surface area contributed by atoms with Crippen LogP contribution in [-0.4, -0.2) is 38.9 Å². The van der Waals surface area contributed by atoms with Crippen molar-refractivity contribution < 1.29 is 28.2 Å². The van der Waals surface area contributed by atoms with Gasteiger partial charge >= 0.3 is 11.9 Å². The topological polar surface area (TPSA) is 73.9 Å². The maximum Gasteiger partial charge on any atom is 0.336 e. The molecule has 28 heavy (non-hydrogen) atoms. The number of ether oxygens (including phenoxy) is 3. The van der Waals surface area contributed by atoms with Crippen LogP contribution in [-0.2, 0) is 23.8 Å². The third-order valence-corrected chi connectivity index (χ3v) is 4.36. The van der Waals surface area contributed by atoms with Gasteiger partial charge in [0.25, 0.3) is 0 Å². The van der Waals surface area contributed by atoms with Gasteiger partial charge in [0.15, 0.2) is 0 Å². The SMILES string of the molecule is CCCOCC1=C(C(=O)OCC)C(c2ccccc2F)C(C(=O)OC)=C(C)N1. The summed E-state index contributed by atoms with van der Waals surface area (Å²) < 4.78 is 30.4. The number of hydrogen-bond donors (Lipinski definition) is 1. The molecular weight excluding hydrogens is 365 g/mol. The van der Waals surface area contributed by atoms with E-state index < -0.39 is 23.7 Å². The fraction of sp³-hybridized carbons (Fsp3) is 0.429. The Morgan fingerprint density at radius 1 is 1.14 bits per heavy atom. The van der Waals surface area contributed by atoms with Gasteiger partial charge in [0.2, 0.25) is 0 Å². The molecule has 7 heteroatoms. The summed E-state index contributed by atoms with van der Waals surface area (Å²) in [5.41, 5.74) is 1.43. The quantitative estimate of drug-likeness (QED) is 0.542. The van der Waals surface area contributed by atoms with E-state index >= 15 is 0 Å². The van der Waals surface area contributed by atoms with Crippen LogP contribution in [0.3, 0.4) is 0 Å². The van der Waals surface area contributed by atoms with Gasteiger partial charge in [-0.1, -0.05) is 25.1 Å². The van der Waals surface area contributed by atoms with E-state index in [1.54, 1.807) is 32.0 Å². The minimum absolute atomic E-state index is 0.110. The first-order valence-electron chi connectivity index (χ1n) is 9.24. The van der Waals surface area contributed by atoms with E-state index in [1.165, 1.54) is 13.2 Å². The molecule has 0 spiro atoms. The van der Waals surface area contributed by atoms with E-state index in [9.17, 15) is 14.0 Å². The molecule has 0 bridgehead atoms. The first-order valence-corrected chi connectivity index (χ1v) is 9.24. The lowest BCUT2D eigenvalue weighted by Crippen LogP contribution is -2.35. The molecule has 0 aromatic heterocycles. The molecule has 1 aliphatic rings. The predicted octanol–water partition coefficient (Wildman–Crippen LogP) is 3.20. The van der Waals surface area contributed by atoms with Crippen LogP contribution in [0.5, 0.6) is 0 Å². The van der Waals surface area contributed by atoms with Crippen LogP contribution in [0, 0.1) is 5.82 Å². The summed E-state index contributed by atoms with van der Waals surface area (Å²) in [6.45, 7) is 6.09. The molecule has 0 fully saturated rings. The summed E-state index contributed by atoms with van der Waals surface area (Å²) in [6.07, 6.45) is 0.807. The first kappa shape index (κ1) is 21.6. The molecule has 1 atom stereocenters. The Kier molecular flexibility index (Phi) is 7.75. The zero-order chi connectivity index (χ0) is 20.7. The summed E-state index contributed by atoms with van der Waals surface area (Å²) in [5, 5.41) is 3.06. The molecule has 152 valence electrons. The second-order valence-corrected chi connectivity index (χ2v) is 6.28. The van der Waals surface area contributed by atoms with Crippen molar-refractivity contribution in [2.75, 3.05) is 26.9 Å². The molecule has 1 aliphatic heterocycles. The highest BCUT2D eigenvalue weighted by molar-refractivity contribution is 6.00. The van der Waals surface area contributed by atoms with Gasteiger partial charge < -0.3 is 19.5 Å². The Morgan fingerprint density at radius 3 is 2.46 bits per heavy atom. The molecule has 2 rings (SSSR count). The standard InChI is InChI=1S/C21H26FNO5/c1-5-11-27-12-16-19(21(25)28-6-2)18(14-9-7-8-10-15(14)22)17(13(3)23-16)20(24)26-4/h7-10,18,23H,5-6,11-12H2,1-4H3. The molecule has 6 nitrogen and oxygen atoms in total. The first-order chi connectivity index (χ1) is 13.5. The zero-order valence-corrected chi connectivity index (χ0v) is 16.6. The number of allylic oxidation sites excluding steroid dienone is 1. The van der Waals surface area contributed by atoms with Crippen LogP contribution in [0.1, 0.15) is 38.7 Å². The van der Waals surface area contributed by atoms with Gasteiger partial charge in [-0.2, -0.15) is 0 Å². The van der Waals surface area contributed by atoms with Crippen molar-refractivity contribution in [2.24, 2.45) is 0 Å². The maximum absolute atomic E-state index is 14.7. The largest absolute Gasteiger partial charge is 0.466 e. The third-order valence-electron chi connectivity index (χ3n) is 4.36. The fourth-order valence-electron chi connectivity index (χ4n) is 3.18. The molecule has 0 amide bonds. The Labute approximate surface area is 164 Å². The highest BCUT2D eigenvalue weighted by Gasteiger charge is 2.39. The summed E-state index contributed by atoms with van der Waals surface area (Å²) >= 11 is 0. The minimum Gasteiger partial charge on any atom is -0.466 e. The van der Waals surface area contributed by atoms with E-state index in [2.05, 4.69) is 5.32 Å². The van der Waals surface area contributed by atoms with E-state index in [0.717, 1.165) is 6.42 Å². The van der Waals surface area contributed by atoms with Crippen LogP contribution in [0.15, 0.2) is 46.8 Å². The molecule has 0 aliphatic carbocycles. The lowest BCUT2D eigenvalue weighted by molar-refractivity contribution is -0.139. The van der Waals surface area contributed by atoms with Crippen LogP contribution < -0.4 is 5.32 Å². The minimum atomic E-state index is -0.964. The molecule has 0 radical (unpaired) electrons.